The molecule has 1 aromatic rings. The molecule has 2 N–H and O–H groups in total. The lowest BCUT2D eigenvalue weighted by Gasteiger charge is -2.18. The minimum atomic E-state index is -0.359. The zero-order valence-electron chi connectivity index (χ0n) is 9.28. The Morgan fingerprint density at radius 1 is 1.47 bits per heavy atom. The van der Waals surface area contributed by atoms with E-state index in [0.717, 1.165) is 5.56 Å². The Morgan fingerprint density at radius 3 is 2.53 bits per heavy atom. The summed E-state index contributed by atoms with van der Waals surface area (Å²) in [6.07, 6.45) is 0.633. The largest absolute Gasteiger partial charge is 0.325 e. The van der Waals surface area contributed by atoms with Crippen molar-refractivity contribution >= 4 is 5.69 Å². The Labute approximate surface area is 89.2 Å². The molecule has 4 nitrogen and oxygen atoms in total. The first-order valence-corrected chi connectivity index (χ1v) is 4.82. The maximum Gasteiger partial charge on any atom is 0.272 e. The molecular weight excluding hydrogens is 192 g/mol. The molecule has 1 aromatic carbocycles. The third-order valence-electron chi connectivity index (χ3n) is 2.13. The number of nitro benzene ring substituents is 1. The van der Waals surface area contributed by atoms with Crippen LogP contribution in [0.4, 0.5) is 5.69 Å². The highest BCUT2D eigenvalue weighted by Gasteiger charge is 2.15. The summed E-state index contributed by atoms with van der Waals surface area (Å²) >= 11 is 0. The van der Waals surface area contributed by atoms with Gasteiger partial charge in [0.2, 0.25) is 0 Å². The van der Waals surface area contributed by atoms with Crippen LogP contribution in [0.3, 0.4) is 0 Å². The summed E-state index contributed by atoms with van der Waals surface area (Å²) in [6.45, 7) is 5.53. The van der Waals surface area contributed by atoms with Crippen LogP contribution in [0, 0.1) is 17.0 Å². The normalized spacial score (nSPS) is 11.5. The van der Waals surface area contributed by atoms with E-state index < -0.39 is 0 Å². The number of nitro groups is 1. The van der Waals surface area contributed by atoms with Gasteiger partial charge in [0, 0.05) is 17.2 Å². The van der Waals surface area contributed by atoms with Gasteiger partial charge in [0.15, 0.2) is 0 Å². The van der Waals surface area contributed by atoms with E-state index in [1.165, 1.54) is 0 Å². The highest BCUT2D eigenvalue weighted by atomic mass is 16.6. The van der Waals surface area contributed by atoms with Crippen molar-refractivity contribution in [3.63, 3.8) is 0 Å². The molecule has 0 radical (unpaired) electrons. The van der Waals surface area contributed by atoms with Crippen molar-refractivity contribution < 1.29 is 4.92 Å². The molecule has 0 fully saturated rings. The van der Waals surface area contributed by atoms with E-state index >= 15 is 0 Å². The lowest BCUT2D eigenvalue weighted by Crippen LogP contribution is -2.34. The highest BCUT2D eigenvalue weighted by Crippen LogP contribution is 2.21. The molecular formula is C11H16N2O2. The van der Waals surface area contributed by atoms with Gasteiger partial charge in [-0.15, -0.1) is 0 Å². The monoisotopic (exact) mass is 208 g/mol. The first-order chi connectivity index (χ1) is 6.79. The second-order valence-corrected chi connectivity index (χ2v) is 4.54. The van der Waals surface area contributed by atoms with Crippen LogP contribution in [0.15, 0.2) is 18.2 Å². The fourth-order valence-corrected chi connectivity index (χ4v) is 1.49. The molecule has 0 atom stereocenters. The first-order valence-electron chi connectivity index (χ1n) is 4.82. The zero-order chi connectivity index (χ0) is 11.6. The molecule has 0 heterocycles. The molecule has 82 valence electrons. The number of rotatable bonds is 3. The summed E-state index contributed by atoms with van der Waals surface area (Å²) < 4.78 is 0. The minimum absolute atomic E-state index is 0.164. The maximum absolute atomic E-state index is 10.7. The Hall–Kier alpha value is -1.42. The molecule has 0 saturated heterocycles. The quantitative estimate of drug-likeness (QED) is 0.611. The van der Waals surface area contributed by atoms with E-state index in [1.807, 2.05) is 19.9 Å². The molecule has 0 bridgehead atoms. The predicted octanol–water partition coefficient (Wildman–Crippen LogP) is 2.18. The van der Waals surface area contributed by atoms with Gasteiger partial charge in [-0.2, -0.15) is 0 Å². The number of aryl methyl sites for hydroxylation is 1. The fourth-order valence-electron chi connectivity index (χ4n) is 1.49. The molecule has 0 aliphatic rings. The summed E-state index contributed by atoms with van der Waals surface area (Å²) in [4.78, 5) is 10.4. The molecule has 1 rings (SSSR count). The molecule has 0 unspecified atom stereocenters. The van der Waals surface area contributed by atoms with E-state index in [4.69, 9.17) is 5.73 Å². The smallest absolute Gasteiger partial charge is 0.272 e. The maximum atomic E-state index is 10.7. The third-order valence-corrected chi connectivity index (χ3v) is 2.13. The van der Waals surface area contributed by atoms with Crippen LogP contribution in [0.5, 0.6) is 0 Å². The van der Waals surface area contributed by atoms with Crippen molar-refractivity contribution in [2.75, 3.05) is 0 Å². The van der Waals surface area contributed by atoms with E-state index in [0.29, 0.717) is 12.0 Å². The van der Waals surface area contributed by atoms with Gasteiger partial charge >= 0.3 is 0 Å². The van der Waals surface area contributed by atoms with Gasteiger partial charge in [0.25, 0.3) is 5.69 Å². The van der Waals surface area contributed by atoms with E-state index in [2.05, 4.69) is 0 Å². The molecule has 0 aromatic heterocycles. The van der Waals surface area contributed by atoms with Crippen molar-refractivity contribution in [3.05, 3.63) is 39.4 Å². The van der Waals surface area contributed by atoms with Crippen molar-refractivity contribution in [1.29, 1.82) is 0 Å². The predicted molar refractivity (Wildman–Crippen MR) is 59.8 cm³/mol. The second-order valence-electron chi connectivity index (χ2n) is 4.54. The van der Waals surface area contributed by atoms with Crippen molar-refractivity contribution in [2.24, 2.45) is 5.73 Å². The van der Waals surface area contributed by atoms with Crippen molar-refractivity contribution in [2.45, 2.75) is 32.7 Å². The third kappa shape index (κ3) is 3.32. The standard InChI is InChI=1S/C11H16N2O2/c1-8-4-5-9(7-11(2,3)12)6-10(8)13(14)15/h4-6H,7,12H2,1-3H3. The van der Waals surface area contributed by atoms with Crippen LogP contribution in [-0.2, 0) is 6.42 Å². The lowest BCUT2D eigenvalue weighted by atomic mass is 9.95. The number of nitrogens with zero attached hydrogens (tertiary/aromatic N) is 1. The summed E-state index contributed by atoms with van der Waals surface area (Å²) in [7, 11) is 0. The van der Waals surface area contributed by atoms with Gasteiger partial charge in [-0.25, -0.2) is 0 Å². The van der Waals surface area contributed by atoms with Crippen LogP contribution in [0.1, 0.15) is 25.0 Å². The number of hydrogen-bond acceptors (Lipinski definition) is 3. The van der Waals surface area contributed by atoms with Crippen LogP contribution in [0.2, 0.25) is 0 Å². The van der Waals surface area contributed by atoms with E-state index in [-0.39, 0.29) is 16.1 Å². The number of nitrogens with two attached hydrogens (primary N) is 1. The second kappa shape index (κ2) is 3.98. The van der Waals surface area contributed by atoms with Crippen LogP contribution < -0.4 is 5.73 Å². The van der Waals surface area contributed by atoms with Gasteiger partial charge in [0.05, 0.1) is 4.92 Å². The topological polar surface area (TPSA) is 69.2 Å². The van der Waals surface area contributed by atoms with Crippen molar-refractivity contribution in [1.82, 2.24) is 0 Å². The summed E-state index contributed by atoms with van der Waals surface area (Å²) in [5.74, 6) is 0. The zero-order valence-corrected chi connectivity index (χ0v) is 9.28. The molecule has 0 amide bonds. The Balaban J connectivity index is 3.03. The molecule has 0 spiro atoms. The Kier molecular flexibility index (Phi) is 3.09. The first kappa shape index (κ1) is 11.7. The van der Waals surface area contributed by atoms with E-state index in [9.17, 15) is 10.1 Å². The Bertz CT molecular complexity index is 381. The molecule has 0 aliphatic heterocycles. The van der Waals surface area contributed by atoms with Crippen LogP contribution in [-0.4, -0.2) is 10.5 Å². The average molecular weight is 208 g/mol. The van der Waals surface area contributed by atoms with Gasteiger partial charge in [-0.3, -0.25) is 10.1 Å². The Morgan fingerprint density at radius 2 is 2.07 bits per heavy atom. The summed E-state index contributed by atoms with van der Waals surface area (Å²) in [5.41, 5.74) is 7.26. The lowest BCUT2D eigenvalue weighted by molar-refractivity contribution is -0.385. The summed E-state index contributed by atoms with van der Waals surface area (Å²) in [6, 6.07) is 5.25. The molecule has 15 heavy (non-hydrogen) atoms. The van der Waals surface area contributed by atoms with Crippen molar-refractivity contribution in [3.8, 4) is 0 Å². The number of hydrogen-bond donors (Lipinski definition) is 1. The van der Waals surface area contributed by atoms with Gasteiger partial charge in [0.1, 0.15) is 0 Å². The summed E-state index contributed by atoms with van der Waals surface area (Å²) in [5, 5.41) is 10.7. The SMILES string of the molecule is Cc1ccc(CC(C)(C)N)cc1[N+](=O)[O-]. The van der Waals surface area contributed by atoms with Gasteiger partial charge in [-0.1, -0.05) is 12.1 Å². The van der Waals surface area contributed by atoms with Gasteiger partial charge < -0.3 is 5.73 Å². The average Bonchev–Trinajstić information content (AvgIpc) is 2.05. The minimum Gasteiger partial charge on any atom is -0.325 e. The molecule has 0 saturated carbocycles. The van der Waals surface area contributed by atoms with Crippen LogP contribution in [0.25, 0.3) is 0 Å². The highest BCUT2D eigenvalue weighted by molar-refractivity contribution is 5.42. The van der Waals surface area contributed by atoms with Gasteiger partial charge in [-0.05, 0) is 32.8 Å². The van der Waals surface area contributed by atoms with E-state index in [1.54, 1.807) is 19.1 Å². The number of benzene rings is 1. The molecule has 0 aliphatic carbocycles. The fraction of sp³-hybridized carbons (Fsp3) is 0.455. The molecule has 4 heteroatoms. The van der Waals surface area contributed by atoms with Crippen LogP contribution >= 0.6 is 0 Å².